The fourth-order valence-corrected chi connectivity index (χ4v) is 3.17. The largest absolute Gasteiger partial charge is 0.349 e. The van der Waals surface area contributed by atoms with Gasteiger partial charge in [-0.25, -0.2) is 0 Å². The Morgan fingerprint density at radius 3 is 1.96 bits per heavy atom. The van der Waals surface area contributed by atoms with E-state index in [2.05, 4.69) is 44.2 Å². The fourth-order valence-electron chi connectivity index (χ4n) is 3.17. The van der Waals surface area contributed by atoms with Crippen LogP contribution in [0.2, 0.25) is 0 Å². The zero-order valence-corrected chi connectivity index (χ0v) is 16.2. The van der Waals surface area contributed by atoms with Gasteiger partial charge in [-0.3, -0.25) is 0 Å². The lowest BCUT2D eigenvalue weighted by Crippen LogP contribution is -2.32. The average Bonchev–Trinajstić information content (AvgIpc) is 2.63. The van der Waals surface area contributed by atoms with Gasteiger partial charge < -0.3 is 9.47 Å². The molecule has 0 amide bonds. The highest BCUT2D eigenvalue weighted by Gasteiger charge is 2.32. The van der Waals surface area contributed by atoms with Crippen LogP contribution in [0, 0.1) is 0 Å². The Morgan fingerprint density at radius 1 is 0.750 bits per heavy atom. The third kappa shape index (κ3) is 7.81. The van der Waals surface area contributed by atoms with Crippen LogP contribution in [-0.4, -0.2) is 13.7 Å². The van der Waals surface area contributed by atoms with Crippen LogP contribution in [0.1, 0.15) is 90.0 Å². The highest BCUT2D eigenvalue weighted by atomic mass is 16.7. The Labute approximate surface area is 149 Å². The molecule has 0 radical (unpaired) electrons. The van der Waals surface area contributed by atoms with E-state index in [0.29, 0.717) is 0 Å². The van der Waals surface area contributed by atoms with E-state index in [1.165, 1.54) is 51.4 Å². The fraction of sp³-hybridized carbons (Fsp3) is 0.727. The van der Waals surface area contributed by atoms with Crippen molar-refractivity contribution in [3.8, 4) is 0 Å². The van der Waals surface area contributed by atoms with Gasteiger partial charge in [0.05, 0.1) is 6.61 Å². The summed E-state index contributed by atoms with van der Waals surface area (Å²) in [7, 11) is 1.79. The molecule has 0 spiro atoms. The molecule has 0 heterocycles. The smallest absolute Gasteiger partial charge is 0.194 e. The summed E-state index contributed by atoms with van der Waals surface area (Å²) < 4.78 is 12.2. The second-order valence-electron chi connectivity index (χ2n) is 6.75. The van der Waals surface area contributed by atoms with E-state index in [9.17, 15) is 0 Å². The summed E-state index contributed by atoms with van der Waals surface area (Å²) in [5, 5.41) is 0. The van der Waals surface area contributed by atoms with E-state index in [1.54, 1.807) is 7.11 Å². The Hall–Kier alpha value is -0.860. The summed E-state index contributed by atoms with van der Waals surface area (Å²) in [4.78, 5) is 0. The number of benzene rings is 1. The molecule has 1 aromatic carbocycles. The molecular weight excluding hydrogens is 296 g/mol. The van der Waals surface area contributed by atoms with Crippen molar-refractivity contribution in [1.82, 2.24) is 0 Å². The van der Waals surface area contributed by atoms with Crippen LogP contribution >= 0.6 is 0 Å². The molecule has 0 aromatic heterocycles. The van der Waals surface area contributed by atoms with Crippen LogP contribution in [0.15, 0.2) is 30.3 Å². The van der Waals surface area contributed by atoms with Gasteiger partial charge in [0.25, 0.3) is 0 Å². The minimum absolute atomic E-state index is 0.571. The van der Waals surface area contributed by atoms with Gasteiger partial charge >= 0.3 is 0 Å². The van der Waals surface area contributed by atoms with Gasteiger partial charge in [0, 0.05) is 19.1 Å². The predicted octanol–water partition coefficient (Wildman–Crippen LogP) is 6.83. The first-order valence-electron chi connectivity index (χ1n) is 10.0. The van der Waals surface area contributed by atoms with Gasteiger partial charge in [0.2, 0.25) is 0 Å². The lowest BCUT2D eigenvalue weighted by molar-refractivity contribution is -0.237. The minimum Gasteiger partial charge on any atom is -0.349 e. The SMILES string of the molecule is CCCCCCCCCC(OC)(OCCCCC)c1ccccc1. The maximum absolute atomic E-state index is 6.29. The minimum atomic E-state index is -0.571. The molecule has 0 saturated heterocycles. The zero-order chi connectivity index (χ0) is 17.5. The van der Waals surface area contributed by atoms with E-state index < -0.39 is 5.79 Å². The van der Waals surface area contributed by atoms with Crippen LogP contribution in [0.3, 0.4) is 0 Å². The summed E-state index contributed by atoms with van der Waals surface area (Å²) in [5.41, 5.74) is 1.15. The molecule has 0 aliphatic heterocycles. The number of unbranched alkanes of at least 4 members (excludes halogenated alkanes) is 8. The second-order valence-corrected chi connectivity index (χ2v) is 6.75. The molecule has 138 valence electrons. The summed E-state index contributed by atoms with van der Waals surface area (Å²) in [6, 6.07) is 10.5. The molecule has 2 heteroatoms. The van der Waals surface area contributed by atoms with Crippen molar-refractivity contribution in [2.45, 2.75) is 90.3 Å². The summed E-state index contributed by atoms with van der Waals surface area (Å²) >= 11 is 0. The molecule has 0 N–H and O–H groups in total. The molecule has 1 unspecified atom stereocenters. The standard InChI is InChI=1S/C22H38O2/c1-4-6-8-9-10-11-15-19-22(23-3,24-20-16-7-5-2)21-17-13-12-14-18-21/h12-14,17-18H,4-11,15-16,19-20H2,1-3H3. The molecular formula is C22H38O2. The molecule has 0 fully saturated rings. The van der Waals surface area contributed by atoms with Gasteiger partial charge in [-0.15, -0.1) is 0 Å². The third-order valence-electron chi connectivity index (χ3n) is 4.74. The second kappa shape index (κ2) is 13.4. The molecule has 1 aromatic rings. The number of methoxy groups -OCH3 is 1. The molecule has 0 aliphatic carbocycles. The molecule has 0 aliphatic rings. The predicted molar refractivity (Wildman–Crippen MR) is 103 cm³/mol. The van der Waals surface area contributed by atoms with Crippen LogP contribution in [0.5, 0.6) is 0 Å². The zero-order valence-electron chi connectivity index (χ0n) is 16.2. The van der Waals surface area contributed by atoms with Crippen LogP contribution in [0.4, 0.5) is 0 Å². The van der Waals surface area contributed by atoms with Crippen molar-refractivity contribution in [3.05, 3.63) is 35.9 Å². The first kappa shape index (κ1) is 21.2. The maximum atomic E-state index is 6.29. The average molecular weight is 335 g/mol. The van der Waals surface area contributed by atoms with Gasteiger partial charge in [-0.2, -0.15) is 0 Å². The molecule has 1 atom stereocenters. The normalized spacial score (nSPS) is 13.8. The van der Waals surface area contributed by atoms with E-state index >= 15 is 0 Å². The van der Waals surface area contributed by atoms with E-state index in [0.717, 1.165) is 31.4 Å². The van der Waals surface area contributed by atoms with Crippen LogP contribution in [0.25, 0.3) is 0 Å². The van der Waals surface area contributed by atoms with Crippen molar-refractivity contribution in [3.63, 3.8) is 0 Å². The van der Waals surface area contributed by atoms with E-state index in [4.69, 9.17) is 9.47 Å². The summed E-state index contributed by atoms with van der Waals surface area (Å²) in [6.07, 6.45) is 13.6. The molecule has 0 bridgehead atoms. The van der Waals surface area contributed by atoms with Gasteiger partial charge in [0.15, 0.2) is 5.79 Å². The number of ether oxygens (including phenoxy) is 2. The van der Waals surface area contributed by atoms with Crippen LogP contribution in [-0.2, 0) is 15.3 Å². The van der Waals surface area contributed by atoms with Crippen molar-refractivity contribution in [2.75, 3.05) is 13.7 Å². The molecule has 0 saturated carbocycles. The Bertz CT molecular complexity index is 390. The van der Waals surface area contributed by atoms with Crippen molar-refractivity contribution >= 4 is 0 Å². The maximum Gasteiger partial charge on any atom is 0.194 e. The van der Waals surface area contributed by atoms with Crippen molar-refractivity contribution in [2.24, 2.45) is 0 Å². The Balaban J connectivity index is 2.53. The van der Waals surface area contributed by atoms with Crippen molar-refractivity contribution in [1.29, 1.82) is 0 Å². The monoisotopic (exact) mass is 334 g/mol. The topological polar surface area (TPSA) is 18.5 Å². The summed E-state index contributed by atoms with van der Waals surface area (Å²) in [5.74, 6) is -0.571. The Kier molecular flexibility index (Phi) is 11.9. The quantitative estimate of drug-likeness (QED) is 0.258. The number of hydrogen-bond donors (Lipinski definition) is 0. The molecule has 2 nitrogen and oxygen atoms in total. The number of hydrogen-bond acceptors (Lipinski definition) is 2. The first-order valence-corrected chi connectivity index (χ1v) is 10.0. The molecule has 24 heavy (non-hydrogen) atoms. The Morgan fingerprint density at radius 2 is 1.33 bits per heavy atom. The van der Waals surface area contributed by atoms with Crippen molar-refractivity contribution < 1.29 is 9.47 Å². The number of rotatable bonds is 15. The highest BCUT2D eigenvalue weighted by molar-refractivity contribution is 5.20. The first-order chi connectivity index (χ1) is 11.8. The molecule has 1 rings (SSSR count). The van der Waals surface area contributed by atoms with Crippen LogP contribution < -0.4 is 0 Å². The van der Waals surface area contributed by atoms with Gasteiger partial charge in [-0.1, -0.05) is 95.5 Å². The summed E-state index contributed by atoms with van der Waals surface area (Å²) in [6.45, 7) is 5.26. The van der Waals surface area contributed by atoms with E-state index in [1.807, 2.05) is 0 Å². The highest BCUT2D eigenvalue weighted by Crippen LogP contribution is 2.33. The van der Waals surface area contributed by atoms with Gasteiger partial charge in [0.1, 0.15) is 0 Å². The van der Waals surface area contributed by atoms with Gasteiger partial charge in [-0.05, 0) is 12.8 Å². The third-order valence-corrected chi connectivity index (χ3v) is 4.74. The lowest BCUT2D eigenvalue weighted by Gasteiger charge is -2.33. The lowest BCUT2D eigenvalue weighted by atomic mass is 9.98. The van der Waals surface area contributed by atoms with E-state index in [-0.39, 0.29) is 0 Å².